The number of morpholine rings is 1. The Morgan fingerprint density at radius 2 is 2.17 bits per heavy atom. The summed E-state index contributed by atoms with van der Waals surface area (Å²) in [5.41, 5.74) is 0. The number of carbonyl (C=O) groups excluding carboxylic acids is 2. The molecule has 0 aromatic carbocycles. The van der Waals surface area contributed by atoms with E-state index < -0.39 is 0 Å². The molecule has 1 unspecified atom stereocenters. The molecular formula is C12H21NO5. The highest BCUT2D eigenvalue weighted by molar-refractivity contribution is 5.77. The smallest absolute Gasteiger partial charge is 0.308 e. The van der Waals surface area contributed by atoms with Crippen LogP contribution in [0.4, 0.5) is 0 Å². The summed E-state index contributed by atoms with van der Waals surface area (Å²) >= 11 is 0. The molecule has 1 saturated heterocycles. The Morgan fingerprint density at radius 1 is 1.44 bits per heavy atom. The number of hydrogen-bond acceptors (Lipinski definition) is 5. The molecule has 1 aliphatic rings. The molecule has 1 atom stereocenters. The number of hydrogen-bond donors (Lipinski definition) is 0. The number of ether oxygens (including phenoxy) is 3. The molecule has 0 aromatic rings. The van der Waals surface area contributed by atoms with Crippen LogP contribution in [0.25, 0.3) is 0 Å². The van der Waals surface area contributed by atoms with Crippen molar-refractivity contribution in [3.8, 4) is 0 Å². The van der Waals surface area contributed by atoms with Crippen molar-refractivity contribution in [1.29, 1.82) is 0 Å². The standard InChI is InChI=1S/C12H21NO5/c1-9(2)18-8-11(14)13-4-5-17-10(7-13)6-12(15)16-3/h9-10H,4-8H2,1-3H3. The first-order valence-electron chi connectivity index (χ1n) is 6.10. The number of rotatable bonds is 5. The van der Waals surface area contributed by atoms with E-state index in [2.05, 4.69) is 4.74 Å². The molecule has 0 N–H and O–H groups in total. The molecule has 1 fully saturated rings. The van der Waals surface area contributed by atoms with Crippen LogP contribution in [0.1, 0.15) is 20.3 Å². The van der Waals surface area contributed by atoms with Gasteiger partial charge < -0.3 is 19.1 Å². The van der Waals surface area contributed by atoms with Crippen molar-refractivity contribution in [1.82, 2.24) is 4.90 Å². The molecule has 104 valence electrons. The Balaban J connectivity index is 2.38. The van der Waals surface area contributed by atoms with Gasteiger partial charge in [0.05, 0.1) is 32.3 Å². The molecule has 0 aromatic heterocycles. The van der Waals surface area contributed by atoms with Crippen molar-refractivity contribution >= 4 is 11.9 Å². The number of methoxy groups -OCH3 is 1. The Hall–Kier alpha value is -1.14. The Bertz CT molecular complexity index is 292. The lowest BCUT2D eigenvalue weighted by Gasteiger charge is -2.32. The fourth-order valence-electron chi connectivity index (χ4n) is 1.67. The molecule has 0 radical (unpaired) electrons. The zero-order chi connectivity index (χ0) is 13.5. The van der Waals surface area contributed by atoms with Gasteiger partial charge in [0.25, 0.3) is 0 Å². The van der Waals surface area contributed by atoms with Crippen molar-refractivity contribution in [3.05, 3.63) is 0 Å². The van der Waals surface area contributed by atoms with Crippen LogP contribution in [-0.2, 0) is 23.8 Å². The van der Waals surface area contributed by atoms with E-state index in [4.69, 9.17) is 9.47 Å². The Labute approximate surface area is 107 Å². The monoisotopic (exact) mass is 259 g/mol. The summed E-state index contributed by atoms with van der Waals surface area (Å²) in [6.07, 6.45) is -0.0826. The third-order valence-corrected chi connectivity index (χ3v) is 2.65. The molecule has 0 aliphatic carbocycles. The molecular weight excluding hydrogens is 238 g/mol. The van der Waals surface area contributed by atoms with Gasteiger partial charge in [0.1, 0.15) is 6.61 Å². The maximum Gasteiger partial charge on any atom is 0.308 e. The van der Waals surface area contributed by atoms with E-state index in [0.29, 0.717) is 19.7 Å². The van der Waals surface area contributed by atoms with Gasteiger partial charge in [-0.15, -0.1) is 0 Å². The summed E-state index contributed by atoms with van der Waals surface area (Å²) in [6, 6.07) is 0. The molecule has 0 spiro atoms. The van der Waals surface area contributed by atoms with Crippen molar-refractivity contribution in [2.24, 2.45) is 0 Å². The summed E-state index contributed by atoms with van der Waals surface area (Å²) < 4.78 is 15.3. The molecule has 6 heteroatoms. The van der Waals surface area contributed by atoms with Crippen LogP contribution in [0.3, 0.4) is 0 Å². The lowest BCUT2D eigenvalue weighted by atomic mass is 10.2. The lowest BCUT2D eigenvalue weighted by Crippen LogP contribution is -2.47. The van der Waals surface area contributed by atoms with Gasteiger partial charge >= 0.3 is 5.97 Å². The van der Waals surface area contributed by atoms with Crippen LogP contribution in [-0.4, -0.2) is 62.4 Å². The van der Waals surface area contributed by atoms with Gasteiger partial charge in [0, 0.05) is 13.1 Å². The largest absolute Gasteiger partial charge is 0.469 e. The molecule has 1 rings (SSSR count). The first kappa shape index (κ1) is 14.9. The highest BCUT2D eigenvalue weighted by Crippen LogP contribution is 2.10. The fraction of sp³-hybridized carbons (Fsp3) is 0.833. The van der Waals surface area contributed by atoms with Crippen molar-refractivity contribution < 1.29 is 23.8 Å². The van der Waals surface area contributed by atoms with Gasteiger partial charge in [-0.3, -0.25) is 9.59 Å². The van der Waals surface area contributed by atoms with Crippen molar-refractivity contribution in [2.75, 3.05) is 33.4 Å². The minimum Gasteiger partial charge on any atom is -0.469 e. The minimum atomic E-state index is -0.326. The first-order valence-corrected chi connectivity index (χ1v) is 6.10. The number of nitrogens with zero attached hydrogens (tertiary/aromatic N) is 1. The molecule has 6 nitrogen and oxygen atoms in total. The molecule has 1 amide bonds. The number of esters is 1. The van der Waals surface area contributed by atoms with E-state index in [1.54, 1.807) is 4.90 Å². The highest BCUT2D eigenvalue weighted by atomic mass is 16.5. The molecule has 18 heavy (non-hydrogen) atoms. The normalized spacial score (nSPS) is 20.0. The van der Waals surface area contributed by atoms with Crippen molar-refractivity contribution in [2.45, 2.75) is 32.5 Å². The van der Waals surface area contributed by atoms with Gasteiger partial charge in [-0.2, -0.15) is 0 Å². The van der Waals surface area contributed by atoms with E-state index in [9.17, 15) is 9.59 Å². The van der Waals surface area contributed by atoms with Crippen molar-refractivity contribution in [3.63, 3.8) is 0 Å². The summed E-state index contributed by atoms with van der Waals surface area (Å²) in [5, 5.41) is 0. The third-order valence-electron chi connectivity index (χ3n) is 2.65. The van der Waals surface area contributed by atoms with E-state index in [-0.39, 0.29) is 37.1 Å². The second-order valence-corrected chi connectivity index (χ2v) is 4.47. The van der Waals surface area contributed by atoms with E-state index in [1.165, 1.54) is 7.11 Å². The SMILES string of the molecule is COC(=O)CC1CN(C(=O)COC(C)C)CCO1. The van der Waals surface area contributed by atoms with E-state index >= 15 is 0 Å². The second kappa shape index (κ2) is 7.33. The quantitative estimate of drug-likeness (QED) is 0.660. The third kappa shape index (κ3) is 5.01. The van der Waals surface area contributed by atoms with Gasteiger partial charge in [-0.1, -0.05) is 0 Å². The van der Waals surface area contributed by atoms with E-state index in [1.807, 2.05) is 13.8 Å². The van der Waals surface area contributed by atoms with E-state index in [0.717, 1.165) is 0 Å². The maximum absolute atomic E-state index is 11.8. The zero-order valence-corrected chi connectivity index (χ0v) is 11.2. The Morgan fingerprint density at radius 3 is 2.78 bits per heavy atom. The van der Waals surface area contributed by atoms with Crippen LogP contribution >= 0.6 is 0 Å². The molecule has 0 saturated carbocycles. The van der Waals surface area contributed by atoms with Gasteiger partial charge in [-0.25, -0.2) is 0 Å². The highest BCUT2D eigenvalue weighted by Gasteiger charge is 2.26. The minimum absolute atomic E-state index is 0.0286. The lowest BCUT2D eigenvalue weighted by molar-refractivity contribution is -0.152. The van der Waals surface area contributed by atoms with Crippen LogP contribution in [0, 0.1) is 0 Å². The number of amides is 1. The maximum atomic E-state index is 11.8. The predicted molar refractivity (Wildman–Crippen MR) is 64.0 cm³/mol. The predicted octanol–water partition coefficient (Wildman–Crippen LogP) is 0.202. The van der Waals surface area contributed by atoms with Crippen LogP contribution < -0.4 is 0 Å². The average molecular weight is 259 g/mol. The summed E-state index contributed by atoms with van der Waals surface area (Å²) in [5.74, 6) is -0.394. The molecule has 1 aliphatic heterocycles. The fourth-order valence-corrected chi connectivity index (χ4v) is 1.67. The molecule has 1 heterocycles. The average Bonchev–Trinajstić information content (AvgIpc) is 2.36. The van der Waals surface area contributed by atoms with Crippen LogP contribution in [0.15, 0.2) is 0 Å². The summed E-state index contributed by atoms with van der Waals surface area (Å²) in [7, 11) is 1.34. The molecule has 0 bridgehead atoms. The van der Waals surface area contributed by atoms with Gasteiger partial charge in [0.2, 0.25) is 5.91 Å². The summed E-state index contributed by atoms with van der Waals surface area (Å²) in [4.78, 5) is 24.6. The topological polar surface area (TPSA) is 65.1 Å². The summed E-state index contributed by atoms with van der Waals surface area (Å²) in [6.45, 7) is 5.23. The van der Waals surface area contributed by atoms with Gasteiger partial charge in [-0.05, 0) is 13.8 Å². The first-order chi connectivity index (χ1) is 8.52. The zero-order valence-electron chi connectivity index (χ0n) is 11.2. The second-order valence-electron chi connectivity index (χ2n) is 4.47. The number of carbonyl (C=O) groups is 2. The van der Waals surface area contributed by atoms with Crippen LogP contribution in [0.2, 0.25) is 0 Å². The Kier molecular flexibility index (Phi) is 6.07. The van der Waals surface area contributed by atoms with Gasteiger partial charge in [0.15, 0.2) is 0 Å². The van der Waals surface area contributed by atoms with Crippen LogP contribution in [0.5, 0.6) is 0 Å².